The molecule has 22 heavy (non-hydrogen) atoms. The number of rotatable bonds is 5. The van der Waals surface area contributed by atoms with E-state index in [2.05, 4.69) is 15.9 Å². The summed E-state index contributed by atoms with van der Waals surface area (Å²) in [6.45, 7) is 0. The van der Waals surface area contributed by atoms with Gasteiger partial charge in [0.15, 0.2) is 0 Å². The molecule has 0 aliphatic heterocycles. The summed E-state index contributed by atoms with van der Waals surface area (Å²) in [6, 6.07) is 14.4. The van der Waals surface area contributed by atoms with Crippen molar-refractivity contribution in [3.05, 3.63) is 69.7 Å². The molecule has 2 aromatic carbocycles. The Morgan fingerprint density at radius 3 is 2.36 bits per heavy atom. The van der Waals surface area contributed by atoms with Gasteiger partial charge in [-0.2, -0.15) is 0 Å². The van der Waals surface area contributed by atoms with E-state index >= 15 is 0 Å². The maximum atomic E-state index is 11.5. The molecule has 0 bridgehead atoms. The van der Waals surface area contributed by atoms with E-state index in [1.54, 1.807) is 12.1 Å². The number of nitrogens with two attached hydrogens (primary N) is 1. The van der Waals surface area contributed by atoms with Crippen molar-refractivity contribution < 1.29 is 9.90 Å². The van der Waals surface area contributed by atoms with Gasteiger partial charge < -0.3 is 10.8 Å². The fourth-order valence-electron chi connectivity index (χ4n) is 2.13. The summed E-state index contributed by atoms with van der Waals surface area (Å²) in [7, 11) is 0. The van der Waals surface area contributed by atoms with Gasteiger partial charge >= 0.3 is 5.97 Å². The molecule has 6 heteroatoms. The van der Waals surface area contributed by atoms with Crippen LogP contribution in [0, 0.1) is 5.41 Å². The molecule has 0 saturated heterocycles. The number of hydrogen-bond donors (Lipinski definition) is 3. The van der Waals surface area contributed by atoms with Gasteiger partial charge in [-0.25, -0.2) is 0 Å². The van der Waals surface area contributed by atoms with Gasteiger partial charge in [0, 0.05) is 10.0 Å². The van der Waals surface area contributed by atoms with Gasteiger partial charge in [0.1, 0.15) is 5.84 Å². The fraction of sp³-hybridized carbons (Fsp3) is 0.125. The first-order chi connectivity index (χ1) is 9.97. The van der Waals surface area contributed by atoms with Crippen molar-refractivity contribution in [2.75, 3.05) is 0 Å². The molecule has 0 aromatic heterocycles. The van der Waals surface area contributed by atoms with Crippen LogP contribution < -0.4 is 5.73 Å². The summed E-state index contributed by atoms with van der Waals surface area (Å²) in [5.74, 6) is -1.46. The SMILES string of the molecule is Cl.N=C(N)c1ccc(CC(C(=O)O)c2cccc(Br)c2)cc1. The number of benzene rings is 2. The summed E-state index contributed by atoms with van der Waals surface area (Å²) >= 11 is 3.36. The first kappa shape index (κ1) is 18.2. The third kappa shape index (κ3) is 4.58. The molecule has 2 rings (SSSR count). The van der Waals surface area contributed by atoms with E-state index in [9.17, 15) is 9.90 Å². The normalized spacial score (nSPS) is 11.3. The molecule has 4 nitrogen and oxygen atoms in total. The van der Waals surface area contributed by atoms with Crippen molar-refractivity contribution in [3.63, 3.8) is 0 Å². The number of nitrogens with one attached hydrogen (secondary N) is 1. The Bertz CT molecular complexity index is 674. The van der Waals surface area contributed by atoms with Crippen molar-refractivity contribution in [1.29, 1.82) is 5.41 Å². The molecule has 0 radical (unpaired) electrons. The van der Waals surface area contributed by atoms with Crippen LogP contribution in [-0.2, 0) is 11.2 Å². The molecular formula is C16H16BrClN2O2. The maximum Gasteiger partial charge on any atom is 0.311 e. The largest absolute Gasteiger partial charge is 0.481 e. The molecule has 1 atom stereocenters. The minimum Gasteiger partial charge on any atom is -0.481 e. The summed E-state index contributed by atoms with van der Waals surface area (Å²) in [6.07, 6.45) is 0.393. The van der Waals surface area contributed by atoms with E-state index in [1.807, 2.05) is 36.4 Å². The molecule has 0 aliphatic rings. The third-order valence-electron chi connectivity index (χ3n) is 3.25. The lowest BCUT2D eigenvalue weighted by Crippen LogP contribution is -2.15. The fourth-order valence-corrected chi connectivity index (χ4v) is 2.54. The van der Waals surface area contributed by atoms with Crippen LogP contribution in [0.25, 0.3) is 0 Å². The lowest BCUT2D eigenvalue weighted by atomic mass is 9.92. The Morgan fingerprint density at radius 1 is 1.23 bits per heavy atom. The van der Waals surface area contributed by atoms with Crippen LogP contribution in [-0.4, -0.2) is 16.9 Å². The topological polar surface area (TPSA) is 87.2 Å². The second-order valence-corrected chi connectivity index (χ2v) is 5.68. The average molecular weight is 384 g/mol. The highest BCUT2D eigenvalue weighted by Crippen LogP contribution is 2.24. The number of halogens is 2. The van der Waals surface area contributed by atoms with E-state index < -0.39 is 11.9 Å². The summed E-state index contributed by atoms with van der Waals surface area (Å²) < 4.78 is 0.859. The van der Waals surface area contributed by atoms with E-state index in [4.69, 9.17) is 11.1 Å². The zero-order valence-corrected chi connectivity index (χ0v) is 14.0. The molecule has 1 unspecified atom stereocenters. The Hall–Kier alpha value is -1.85. The number of carboxylic acid groups (broad SMARTS) is 1. The van der Waals surface area contributed by atoms with Crippen LogP contribution in [0.15, 0.2) is 53.0 Å². The number of carbonyl (C=O) groups is 1. The van der Waals surface area contributed by atoms with Gasteiger partial charge in [-0.1, -0.05) is 52.3 Å². The van der Waals surface area contributed by atoms with Crippen LogP contribution in [0.5, 0.6) is 0 Å². The molecule has 0 amide bonds. The molecular weight excluding hydrogens is 368 g/mol. The minimum absolute atomic E-state index is 0. The molecule has 4 N–H and O–H groups in total. The first-order valence-corrected chi connectivity index (χ1v) is 7.18. The molecule has 0 heterocycles. The van der Waals surface area contributed by atoms with E-state index in [1.165, 1.54) is 0 Å². The highest BCUT2D eigenvalue weighted by atomic mass is 79.9. The number of carboxylic acids is 1. The first-order valence-electron chi connectivity index (χ1n) is 6.39. The number of amidine groups is 1. The van der Waals surface area contributed by atoms with E-state index in [0.29, 0.717) is 12.0 Å². The predicted molar refractivity (Wildman–Crippen MR) is 92.9 cm³/mol. The van der Waals surface area contributed by atoms with Crippen LogP contribution in [0.2, 0.25) is 0 Å². The third-order valence-corrected chi connectivity index (χ3v) is 3.75. The van der Waals surface area contributed by atoms with Gasteiger partial charge in [-0.3, -0.25) is 10.2 Å². The minimum atomic E-state index is -0.858. The van der Waals surface area contributed by atoms with Crippen LogP contribution in [0.1, 0.15) is 22.6 Å². The van der Waals surface area contributed by atoms with Crippen molar-refractivity contribution in [2.24, 2.45) is 5.73 Å². The van der Waals surface area contributed by atoms with Gasteiger partial charge in [0.2, 0.25) is 0 Å². The van der Waals surface area contributed by atoms with Gasteiger partial charge in [-0.15, -0.1) is 12.4 Å². The monoisotopic (exact) mass is 382 g/mol. The molecule has 0 spiro atoms. The molecule has 116 valence electrons. The van der Waals surface area contributed by atoms with Crippen LogP contribution >= 0.6 is 28.3 Å². The Morgan fingerprint density at radius 2 is 1.86 bits per heavy atom. The van der Waals surface area contributed by atoms with Crippen LogP contribution in [0.3, 0.4) is 0 Å². The highest BCUT2D eigenvalue weighted by Gasteiger charge is 2.20. The quantitative estimate of drug-likeness (QED) is 0.545. The predicted octanol–water partition coefficient (Wildman–Crippen LogP) is 3.57. The maximum absolute atomic E-state index is 11.5. The average Bonchev–Trinajstić information content (AvgIpc) is 2.45. The Labute approximate surface area is 143 Å². The van der Waals surface area contributed by atoms with Crippen molar-refractivity contribution in [1.82, 2.24) is 0 Å². The Kier molecular flexibility index (Phi) is 6.59. The molecule has 0 saturated carbocycles. The Balaban J connectivity index is 0.00000242. The smallest absolute Gasteiger partial charge is 0.311 e. The molecule has 0 aliphatic carbocycles. The zero-order valence-electron chi connectivity index (χ0n) is 11.6. The standard InChI is InChI=1S/C16H15BrN2O2.ClH/c17-13-3-1-2-12(9-13)14(16(20)21)8-10-4-6-11(7-5-10)15(18)19;/h1-7,9,14H,8H2,(H3,18,19)(H,20,21);1H. The lowest BCUT2D eigenvalue weighted by Gasteiger charge is -2.13. The number of aliphatic carboxylic acids is 1. The van der Waals surface area contributed by atoms with Crippen molar-refractivity contribution in [2.45, 2.75) is 12.3 Å². The molecule has 0 fully saturated rings. The second-order valence-electron chi connectivity index (χ2n) is 4.76. The zero-order chi connectivity index (χ0) is 15.4. The van der Waals surface area contributed by atoms with E-state index in [0.717, 1.165) is 15.6 Å². The molecule has 2 aromatic rings. The van der Waals surface area contributed by atoms with Crippen LogP contribution in [0.4, 0.5) is 0 Å². The summed E-state index contributed by atoms with van der Waals surface area (Å²) in [4.78, 5) is 11.5. The second kappa shape index (κ2) is 7.96. The number of hydrogen-bond acceptors (Lipinski definition) is 2. The van der Waals surface area contributed by atoms with E-state index in [-0.39, 0.29) is 18.2 Å². The summed E-state index contributed by atoms with van der Waals surface area (Å²) in [5, 5.41) is 16.8. The van der Waals surface area contributed by atoms with Gasteiger partial charge in [-0.05, 0) is 29.7 Å². The van der Waals surface area contributed by atoms with Gasteiger partial charge in [0.25, 0.3) is 0 Å². The lowest BCUT2D eigenvalue weighted by molar-refractivity contribution is -0.138. The van der Waals surface area contributed by atoms with Crippen molar-refractivity contribution in [3.8, 4) is 0 Å². The highest BCUT2D eigenvalue weighted by molar-refractivity contribution is 9.10. The number of nitrogen functional groups attached to an aromatic ring is 1. The van der Waals surface area contributed by atoms with Crippen molar-refractivity contribution >= 4 is 40.1 Å². The van der Waals surface area contributed by atoms with Gasteiger partial charge in [0.05, 0.1) is 5.92 Å². The summed E-state index contributed by atoms with van der Waals surface area (Å²) in [5.41, 5.74) is 7.69.